The monoisotopic (exact) mass is 247 g/mol. The molecule has 2 N–H and O–H groups in total. The Labute approximate surface area is 110 Å². The van der Waals surface area contributed by atoms with Gasteiger partial charge in [-0.05, 0) is 55.2 Å². The smallest absolute Gasteiger partial charge is 0.121 e. The summed E-state index contributed by atoms with van der Waals surface area (Å²) in [6.45, 7) is 8.25. The van der Waals surface area contributed by atoms with Crippen molar-refractivity contribution in [2.45, 2.75) is 53.0 Å². The van der Waals surface area contributed by atoms with Crippen molar-refractivity contribution in [2.24, 2.45) is 5.41 Å². The van der Waals surface area contributed by atoms with Crippen molar-refractivity contribution in [1.82, 2.24) is 5.32 Å². The highest BCUT2D eigenvalue weighted by Crippen LogP contribution is 2.48. The molecule has 18 heavy (non-hydrogen) atoms. The zero-order valence-corrected chi connectivity index (χ0v) is 11.8. The average molecular weight is 247 g/mol. The van der Waals surface area contributed by atoms with Crippen LogP contribution in [-0.2, 0) is 6.54 Å². The Balaban J connectivity index is 1.87. The van der Waals surface area contributed by atoms with Gasteiger partial charge in [0.25, 0.3) is 0 Å². The molecule has 0 radical (unpaired) electrons. The Bertz CT molecular complexity index is 398. The van der Waals surface area contributed by atoms with Gasteiger partial charge in [-0.2, -0.15) is 0 Å². The van der Waals surface area contributed by atoms with E-state index in [0.717, 1.165) is 24.2 Å². The molecule has 0 spiro atoms. The van der Waals surface area contributed by atoms with E-state index < -0.39 is 0 Å². The van der Waals surface area contributed by atoms with E-state index in [1.807, 2.05) is 13.8 Å². The van der Waals surface area contributed by atoms with E-state index in [1.54, 1.807) is 0 Å². The van der Waals surface area contributed by atoms with Crippen molar-refractivity contribution in [3.8, 4) is 5.75 Å². The van der Waals surface area contributed by atoms with E-state index in [-0.39, 0.29) is 0 Å². The summed E-state index contributed by atoms with van der Waals surface area (Å²) in [6, 6.07) is 4.16. The molecule has 0 bridgehead atoms. The largest absolute Gasteiger partial charge is 0.507 e. The van der Waals surface area contributed by atoms with Crippen LogP contribution in [0.4, 0.5) is 0 Å². The molecule has 0 aliphatic heterocycles. The molecular weight excluding hydrogens is 222 g/mol. The minimum Gasteiger partial charge on any atom is -0.507 e. The van der Waals surface area contributed by atoms with Crippen LogP contribution in [0.2, 0.25) is 0 Å². The molecule has 2 rings (SSSR count). The van der Waals surface area contributed by atoms with Crippen molar-refractivity contribution in [3.05, 3.63) is 28.8 Å². The van der Waals surface area contributed by atoms with Gasteiger partial charge in [0.1, 0.15) is 5.75 Å². The van der Waals surface area contributed by atoms with Crippen molar-refractivity contribution < 1.29 is 5.11 Å². The van der Waals surface area contributed by atoms with Gasteiger partial charge in [0.2, 0.25) is 0 Å². The predicted molar refractivity (Wildman–Crippen MR) is 75.9 cm³/mol. The quantitative estimate of drug-likeness (QED) is 0.803. The second-order valence-electron chi connectivity index (χ2n) is 5.93. The van der Waals surface area contributed by atoms with Crippen LogP contribution in [0.1, 0.15) is 49.3 Å². The molecule has 0 saturated heterocycles. The lowest BCUT2D eigenvalue weighted by molar-refractivity contribution is 0.420. The lowest BCUT2D eigenvalue weighted by Crippen LogP contribution is -2.23. The first kappa shape index (κ1) is 13.4. The van der Waals surface area contributed by atoms with Crippen molar-refractivity contribution >= 4 is 0 Å². The summed E-state index contributed by atoms with van der Waals surface area (Å²) in [7, 11) is 0. The molecule has 1 fully saturated rings. The Hall–Kier alpha value is -1.02. The number of hydrogen-bond acceptors (Lipinski definition) is 2. The summed E-state index contributed by atoms with van der Waals surface area (Å²) >= 11 is 0. The van der Waals surface area contributed by atoms with Crippen molar-refractivity contribution in [2.75, 3.05) is 6.54 Å². The van der Waals surface area contributed by atoms with Crippen LogP contribution in [0.25, 0.3) is 0 Å². The third-order valence-corrected chi connectivity index (χ3v) is 4.12. The van der Waals surface area contributed by atoms with Gasteiger partial charge in [-0.3, -0.25) is 0 Å². The maximum atomic E-state index is 9.74. The number of aryl methyl sites for hydroxylation is 2. The highest BCUT2D eigenvalue weighted by Gasteiger charge is 2.40. The summed E-state index contributed by atoms with van der Waals surface area (Å²) < 4.78 is 0. The molecule has 100 valence electrons. The van der Waals surface area contributed by atoms with Crippen LogP contribution in [0.15, 0.2) is 12.1 Å². The SMILES string of the molecule is CCCC1(CNCc2cc(C)c(O)c(C)c2)CC1. The number of phenols is 1. The third-order valence-electron chi connectivity index (χ3n) is 4.12. The van der Waals surface area contributed by atoms with Crippen molar-refractivity contribution in [1.29, 1.82) is 0 Å². The molecule has 2 nitrogen and oxygen atoms in total. The normalized spacial score (nSPS) is 16.8. The van der Waals surface area contributed by atoms with Gasteiger partial charge in [0.15, 0.2) is 0 Å². The number of rotatable bonds is 6. The standard InChI is InChI=1S/C16H25NO/c1-4-5-16(6-7-16)11-17-10-14-8-12(2)15(18)13(3)9-14/h8-9,17-18H,4-7,10-11H2,1-3H3. The molecule has 0 heterocycles. The third kappa shape index (κ3) is 3.05. The van der Waals surface area contributed by atoms with Crippen molar-refractivity contribution in [3.63, 3.8) is 0 Å². The fraction of sp³-hybridized carbons (Fsp3) is 0.625. The molecule has 1 aromatic rings. The molecule has 0 aromatic heterocycles. The summed E-state index contributed by atoms with van der Waals surface area (Å²) in [5, 5.41) is 13.3. The van der Waals surface area contributed by atoms with Gasteiger partial charge in [-0.1, -0.05) is 25.5 Å². The van der Waals surface area contributed by atoms with Gasteiger partial charge in [0, 0.05) is 13.1 Å². The molecule has 0 atom stereocenters. The van der Waals surface area contributed by atoms with Crippen LogP contribution >= 0.6 is 0 Å². The molecule has 1 saturated carbocycles. The fourth-order valence-electron chi connectivity index (χ4n) is 2.84. The topological polar surface area (TPSA) is 32.3 Å². The first-order valence-corrected chi connectivity index (χ1v) is 7.06. The zero-order chi connectivity index (χ0) is 13.2. The van der Waals surface area contributed by atoms with E-state index in [4.69, 9.17) is 0 Å². The van der Waals surface area contributed by atoms with E-state index in [9.17, 15) is 5.11 Å². The van der Waals surface area contributed by atoms with E-state index >= 15 is 0 Å². The number of nitrogens with one attached hydrogen (secondary N) is 1. The van der Waals surface area contributed by atoms with Crippen LogP contribution in [0.3, 0.4) is 0 Å². The van der Waals surface area contributed by atoms with Crippen LogP contribution < -0.4 is 5.32 Å². The number of aromatic hydroxyl groups is 1. The van der Waals surface area contributed by atoms with Gasteiger partial charge in [-0.25, -0.2) is 0 Å². The number of phenolic OH excluding ortho intramolecular Hbond substituents is 1. The molecule has 0 unspecified atom stereocenters. The number of hydrogen-bond donors (Lipinski definition) is 2. The summed E-state index contributed by atoms with van der Waals surface area (Å²) in [5.74, 6) is 0.434. The Morgan fingerprint density at radius 1 is 1.22 bits per heavy atom. The first-order valence-electron chi connectivity index (χ1n) is 7.06. The summed E-state index contributed by atoms with van der Waals surface area (Å²) in [4.78, 5) is 0. The molecular formula is C16H25NO. The van der Waals surface area contributed by atoms with Gasteiger partial charge < -0.3 is 10.4 Å². The maximum Gasteiger partial charge on any atom is 0.121 e. The first-order chi connectivity index (χ1) is 8.56. The lowest BCUT2D eigenvalue weighted by Gasteiger charge is -2.15. The Kier molecular flexibility index (Phi) is 3.96. The highest BCUT2D eigenvalue weighted by molar-refractivity contribution is 5.42. The number of benzene rings is 1. The van der Waals surface area contributed by atoms with Crippen LogP contribution in [0.5, 0.6) is 5.75 Å². The highest BCUT2D eigenvalue weighted by atomic mass is 16.3. The maximum absolute atomic E-state index is 9.74. The fourth-order valence-corrected chi connectivity index (χ4v) is 2.84. The molecule has 2 heteroatoms. The van der Waals surface area contributed by atoms with Gasteiger partial charge >= 0.3 is 0 Å². The Morgan fingerprint density at radius 2 is 1.83 bits per heavy atom. The van der Waals surface area contributed by atoms with Gasteiger partial charge in [-0.15, -0.1) is 0 Å². The van der Waals surface area contributed by atoms with Crippen LogP contribution in [-0.4, -0.2) is 11.7 Å². The minimum atomic E-state index is 0.434. The van der Waals surface area contributed by atoms with E-state index in [0.29, 0.717) is 11.2 Å². The average Bonchev–Trinajstić information content (AvgIpc) is 3.06. The van der Waals surface area contributed by atoms with Crippen LogP contribution in [0, 0.1) is 19.3 Å². The second kappa shape index (κ2) is 5.31. The molecule has 1 aliphatic carbocycles. The Morgan fingerprint density at radius 3 is 2.33 bits per heavy atom. The summed E-state index contributed by atoms with van der Waals surface area (Å²) in [5.41, 5.74) is 3.83. The molecule has 0 amide bonds. The van der Waals surface area contributed by atoms with Gasteiger partial charge in [0.05, 0.1) is 0 Å². The van der Waals surface area contributed by atoms with E-state index in [1.165, 1.54) is 31.2 Å². The molecule has 1 aromatic carbocycles. The lowest BCUT2D eigenvalue weighted by atomic mass is 10.0. The summed E-state index contributed by atoms with van der Waals surface area (Å²) in [6.07, 6.45) is 5.43. The second-order valence-corrected chi connectivity index (χ2v) is 5.93. The zero-order valence-electron chi connectivity index (χ0n) is 11.8. The minimum absolute atomic E-state index is 0.434. The molecule has 1 aliphatic rings. The predicted octanol–water partition coefficient (Wildman–Crippen LogP) is 3.68. The van der Waals surface area contributed by atoms with E-state index in [2.05, 4.69) is 24.4 Å².